The zero-order valence-corrected chi connectivity index (χ0v) is 11.0. The molecule has 104 valence electrons. The summed E-state index contributed by atoms with van der Waals surface area (Å²) in [7, 11) is 0. The van der Waals surface area contributed by atoms with Crippen molar-refractivity contribution in [3.63, 3.8) is 0 Å². The first-order chi connectivity index (χ1) is 8.31. The molecule has 6 heteroatoms. The molecule has 0 fully saturated rings. The van der Waals surface area contributed by atoms with Crippen molar-refractivity contribution in [2.24, 2.45) is 16.9 Å². The van der Waals surface area contributed by atoms with Gasteiger partial charge in [-0.3, -0.25) is 0 Å². The molecule has 0 rings (SSSR count). The van der Waals surface area contributed by atoms with Gasteiger partial charge in [0.05, 0.1) is 0 Å². The number of allylic oxidation sites excluding steroid dienone is 1. The number of carbonyl (C=O) groups is 2. The zero-order chi connectivity index (χ0) is 14.2. The van der Waals surface area contributed by atoms with Crippen LogP contribution in [0.5, 0.6) is 0 Å². The van der Waals surface area contributed by atoms with Crippen LogP contribution in [-0.2, 0) is 9.47 Å². The highest BCUT2D eigenvalue weighted by Gasteiger charge is 2.32. The van der Waals surface area contributed by atoms with E-state index in [2.05, 4.69) is 6.58 Å². The topological polar surface area (TPSA) is 105 Å². The van der Waals surface area contributed by atoms with Crippen LogP contribution >= 0.6 is 0 Å². The maximum atomic E-state index is 10.7. The monoisotopic (exact) mass is 258 g/mol. The molecule has 0 aliphatic heterocycles. The third-order valence-electron chi connectivity index (χ3n) is 2.50. The smallest absolute Gasteiger partial charge is 0.404 e. The number of nitrogens with two attached hydrogens (primary N) is 2. The molecule has 18 heavy (non-hydrogen) atoms. The Bertz CT molecular complexity index is 297. The van der Waals surface area contributed by atoms with Crippen molar-refractivity contribution < 1.29 is 19.1 Å². The van der Waals surface area contributed by atoms with Gasteiger partial charge in [0.15, 0.2) is 0 Å². The lowest BCUT2D eigenvalue weighted by molar-refractivity contribution is 0.0251. The van der Waals surface area contributed by atoms with Crippen LogP contribution in [0.4, 0.5) is 9.59 Å². The Morgan fingerprint density at radius 2 is 1.61 bits per heavy atom. The van der Waals surface area contributed by atoms with Crippen molar-refractivity contribution in [2.45, 2.75) is 33.1 Å². The number of amides is 2. The summed E-state index contributed by atoms with van der Waals surface area (Å²) in [6, 6.07) is 0. The van der Waals surface area contributed by atoms with Gasteiger partial charge in [0.2, 0.25) is 0 Å². The van der Waals surface area contributed by atoms with Crippen molar-refractivity contribution in [2.75, 3.05) is 13.2 Å². The first-order valence-corrected chi connectivity index (χ1v) is 5.80. The number of hydrogen-bond acceptors (Lipinski definition) is 4. The molecular weight excluding hydrogens is 236 g/mol. The van der Waals surface area contributed by atoms with Gasteiger partial charge < -0.3 is 20.9 Å². The average Bonchev–Trinajstić information content (AvgIpc) is 2.23. The van der Waals surface area contributed by atoms with Gasteiger partial charge in [-0.05, 0) is 19.8 Å². The lowest BCUT2D eigenvalue weighted by Gasteiger charge is -2.32. The normalized spacial score (nSPS) is 10.8. The Hall–Kier alpha value is -1.72. The highest BCUT2D eigenvalue weighted by atomic mass is 16.6. The molecule has 0 aliphatic rings. The molecule has 0 heterocycles. The zero-order valence-electron chi connectivity index (χ0n) is 11.0. The standard InChI is InChI=1S/C12H22N2O4/c1-4-5-12(6-9(2)3,7-17-10(13)15)8-18-11(14)16/h2,4-8H2,1,3H3,(H2,13,15)(H2,14,16). The average molecular weight is 258 g/mol. The van der Waals surface area contributed by atoms with Gasteiger partial charge in [-0.25, -0.2) is 9.59 Å². The molecule has 0 aromatic carbocycles. The predicted molar refractivity (Wildman–Crippen MR) is 67.8 cm³/mol. The third kappa shape index (κ3) is 6.78. The lowest BCUT2D eigenvalue weighted by Crippen LogP contribution is -2.36. The first-order valence-electron chi connectivity index (χ1n) is 5.80. The second-order valence-electron chi connectivity index (χ2n) is 4.60. The molecule has 0 spiro atoms. The summed E-state index contributed by atoms with van der Waals surface area (Å²) in [5.74, 6) is 0. The largest absolute Gasteiger partial charge is 0.449 e. The maximum absolute atomic E-state index is 10.7. The molecule has 0 bridgehead atoms. The Labute approximate surface area is 107 Å². The van der Waals surface area contributed by atoms with E-state index in [1.54, 1.807) is 0 Å². The highest BCUT2D eigenvalue weighted by Crippen LogP contribution is 2.32. The van der Waals surface area contributed by atoms with E-state index in [1.807, 2.05) is 13.8 Å². The van der Waals surface area contributed by atoms with Crippen LogP contribution in [0, 0.1) is 5.41 Å². The minimum atomic E-state index is -0.851. The summed E-state index contributed by atoms with van der Waals surface area (Å²) < 4.78 is 9.72. The fourth-order valence-electron chi connectivity index (χ4n) is 2.00. The van der Waals surface area contributed by atoms with Gasteiger partial charge in [0, 0.05) is 5.41 Å². The van der Waals surface area contributed by atoms with E-state index in [1.165, 1.54) is 0 Å². The fourth-order valence-corrected chi connectivity index (χ4v) is 2.00. The molecule has 4 N–H and O–H groups in total. The maximum Gasteiger partial charge on any atom is 0.404 e. The van der Waals surface area contributed by atoms with E-state index < -0.39 is 17.6 Å². The van der Waals surface area contributed by atoms with Gasteiger partial charge in [-0.15, -0.1) is 6.58 Å². The second-order valence-corrected chi connectivity index (χ2v) is 4.60. The summed E-state index contributed by atoms with van der Waals surface area (Å²) >= 11 is 0. The highest BCUT2D eigenvalue weighted by molar-refractivity contribution is 5.65. The molecule has 0 atom stereocenters. The molecule has 0 aromatic rings. The Morgan fingerprint density at radius 3 is 1.89 bits per heavy atom. The van der Waals surface area contributed by atoms with Crippen LogP contribution in [0.25, 0.3) is 0 Å². The molecule has 0 aliphatic carbocycles. The minimum absolute atomic E-state index is 0.0797. The van der Waals surface area contributed by atoms with Crippen molar-refractivity contribution in [3.8, 4) is 0 Å². The molecule has 0 unspecified atom stereocenters. The molecule has 0 saturated heterocycles. The molecule has 6 nitrogen and oxygen atoms in total. The molecule has 2 amide bonds. The van der Waals surface area contributed by atoms with Crippen LogP contribution in [-0.4, -0.2) is 25.4 Å². The minimum Gasteiger partial charge on any atom is -0.449 e. The van der Waals surface area contributed by atoms with E-state index in [-0.39, 0.29) is 13.2 Å². The lowest BCUT2D eigenvalue weighted by atomic mass is 9.79. The van der Waals surface area contributed by atoms with E-state index >= 15 is 0 Å². The van der Waals surface area contributed by atoms with Gasteiger partial charge in [0.1, 0.15) is 13.2 Å². The van der Waals surface area contributed by atoms with Crippen molar-refractivity contribution in [1.29, 1.82) is 0 Å². The van der Waals surface area contributed by atoms with E-state index in [0.717, 1.165) is 12.0 Å². The summed E-state index contributed by atoms with van der Waals surface area (Å²) in [6.07, 6.45) is 0.423. The van der Waals surface area contributed by atoms with Crippen LogP contribution in [0.1, 0.15) is 33.1 Å². The van der Waals surface area contributed by atoms with Gasteiger partial charge in [-0.2, -0.15) is 0 Å². The van der Waals surface area contributed by atoms with E-state index in [0.29, 0.717) is 12.8 Å². The van der Waals surface area contributed by atoms with Crippen molar-refractivity contribution in [1.82, 2.24) is 0 Å². The molecule has 0 aromatic heterocycles. The van der Waals surface area contributed by atoms with Crippen LogP contribution in [0.3, 0.4) is 0 Å². The van der Waals surface area contributed by atoms with Crippen LogP contribution < -0.4 is 11.5 Å². The van der Waals surface area contributed by atoms with E-state index in [4.69, 9.17) is 20.9 Å². The quantitative estimate of drug-likeness (QED) is 0.649. The van der Waals surface area contributed by atoms with Gasteiger partial charge in [-0.1, -0.05) is 18.9 Å². The molecule has 0 saturated carbocycles. The predicted octanol–water partition coefficient (Wildman–Crippen LogP) is 1.93. The first kappa shape index (κ1) is 16.3. The summed E-state index contributed by atoms with van der Waals surface area (Å²) in [5, 5.41) is 0. The molecular formula is C12H22N2O4. The second kappa shape index (κ2) is 7.58. The number of ether oxygens (including phenoxy) is 2. The Kier molecular flexibility index (Phi) is 6.85. The summed E-state index contributed by atoms with van der Waals surface area (Å²) in [5.41, 5.74) is 10.3. The Balaban J connectivity index is 4.81. The Morgan fingerprint density at radius 1 is 1.17 bits per heavy atom. The van der Waals surface area contributed by atoms with Crippen LogP contribution in [0.15, 0.2) is 12.2 Å². The number of primary amides is 2. The number of carbonyl (C=O) groups excluding carboxylic acids is 2. The summed E-state index contributed by atoms with van der Waals surface area (Å²) in [6.45, 7) is 7.84. The van der Waals surface area contributed by atoms with Crippen molar-refractivity contribution in [3.05, 3.63) is 12.2 Å². The van der Waals surface area contributed by atoms with Crippen molar-refractivity contribution >= 4 is 12.2 Å². The van der Waals surface area contributed by atoms with Crippen LogP contribution in [0.2, 0.25) is 0 Å². The number of rotatable bonds is 8. The van der Waals surface area contributed by atoms with Gasteiger partial charge >= 0.3 is 12.2 Å². The summed E-state index contributed by atoms with van der Waals surface area (Å²) in [4.78, 5) is 21.4. The van der Waals surface area contributed by atoms with Gasteiger partial charge in [0.25, 0.3) is 0 Å². The van der Waals surface area contributed by atoms with E-state index in [9.17, 15) is 9.59 Å². The fraction of sp³-hybridized carbons (Fsp3) is 0.667. The third-order valence-corrected chi connectivity index (χ3v) is 2.50. The molecule has 0 radical (unpaired) electrons. The SMILES string of the molecule is C=C(C)CC(CCC)(COC(N)=O)COC(N)=O. The number of hydrogen-bond donors (Lipinski definition) is 2.